The van der Waals surface area contributed by atoms with Crippen LogP contribution in [0.15, 0.2) is 0 Å². The molecular weight excluding hydrogens is 266 g/mol. The van der Waals surface area contributed by atoms with Gasteiger partial charge in [0.25, 0.3) is 0 Å². The van der Waals surface area contributed by atoms with Crippen LogP contribution in [0.3, 0.4) is 0 Å². The van der Waals surface area contributed by atoms with Crippen LogP contribution in [0.25, 0.3) is 0 Å². The molecule has 3 amide bonds. The standard InChI is InChI=1S/C12H21N3O5/c1-3-13-10(17)7-14(4-2)12(20)15-6-8(16)5-9(15)11(18)19/h8-9,16H,3-7H2,1-2H3,(H,13,17)(H,18,19)/t8-,9-/m0/s1. The average molecular weight is 287 g/mol. The lowest BCUT2D eigenvalue weighted by atomic mass is 10.2. The Morgan fingerprint density at radius 2 is 2.00 bits per heavy atom. The number of amides is 3. The molecule has 0 saturated carbocycles. The highest BCUT2D eigenvalue weighted by atomic mass is 16.4. The van der Waals surface area contributed by atoms with Gasteiger partial charge in [-0.2, -0.15) is 0 Å². The number of nitrogens with one attached hydrogen (secondary N) is 1. The van der Waals surface area contributed by atoms with Crippen LogP contribution in [0.4, 0.5) is 4.79 Å². The number of hydrogen-bond donors (Lipinski definition) is 3. The van der Waals surface area contributed by atoms with E-state index in [2.05, 4.69) is 5.32 Å². The fraction of sp³-hybridized carbons (Fsp3) is 0.750. The van der Waals surface area contributed by atoms with Crippen molar-refractivity contribution in [3.05, 3.63) is 0 Å². The van der Waals surface area contributed by atoms with Crippen LogP contribution in [0.1, 0.15) is 20.3 Å². The Hall–Kier alpha value is -1.83. The van der Waals surface area contributed by atoms with Crippen molar-refractivity contribution < 1.29 is 24.6 Å². The van der Waals surface area contributed by atoms with Crippen LogP contribution < -0.4 is 5.32 Å². The number of carboxylic acid groups (broad SMARTS) is 1. The first-order valence-corrected chi connectivity index (χ1v) is 6.63. The molecule has 0 aromatic rings. The molecule has 1 fully saturated rings. The summed E-state index contributed by atoms with van der Waals surface area (Å²) in [5.74, 6) is -1.45. The number of carbonyl (C=O) groups is 3. The van der Waals surface area contributed by atoms with Crippen molar-refractivity contribution in [3.8, 4) is 0 Å². The molecule has 1 rings (SSSR count). The van der Waals surface area contributed by atoms with Crippen molar-refractivity contribution in [2.75, 3.05) is 26.2 Å². The summed E-state index contributed by atoms with van der Waals surface area (Å²) in [6.45, 7) is 4.08. The highest BCUT2D eigenvalue weighted by molar-refractivity contribution is 5.87. The summed E-state index contributed by atoms with van der Waals surface area (Å²) in [7, 11) is 0. The first-order chi connectivity index (χ1) is 9.40. The van der Waals surface area contributed by atoms with E-state index in [1.807, 2.05) is 0 Å². The van der Waals surface area contributed by atoms with Crippen molar-refractivity contribution >= 4 is 17.9 Å². The largest absolute Gasteiger partial charge is 0.480 e. The van der Waals surface area contributed by atoms with Crippen molar-refractivity contribution in [1.82, 2.24) is 15.1 Å². The number of hydrogen-bond acceptors (Lipinski definition) is 4. The number of likely N-dealkylation sites (N-methyl/N-ethyl adjacent to an activating group) is 2. The monoisotopic (exact) mass is 287 g/mol. The molecule has 3 N–H and O–H groups in total. The molecule has 8 nitrogen and oxygen atoms in total. The molecule has 1 aliphatic heterocycles. The summed E-state index contributed by atoms with van der Waals surface area (Å²) < 4.78 is 0. The highest BCUT2D eigenvalue weighted by Gasteiger charge is 2.40. The summed E-state index contributed by atoms with van der Waals surface area (Å²) in [6.07, 6.45) is -0.831. The fourth-order valence-electron chi connectivity index (χ4n) is 2.18. The molecule has 1 saturated heterocycles. The van der Waals surface area contributed by atoms with Gasteiger partial charge in [-0.1, -0.05) is 0 Å². The van der Waals surface area contributed by atoms with Gasteiger partial charge in [-0.15, -0.1) is 0 Å². The quantitative estimate of drug-likeness (QED) is 0.606. The van der Waals surface area contributed by atoms with Gasteiger partial charge >= 0.3 is 12.0 Å². The molecule has 20 heavy (non-hydrogen) atoms. The minimum atomic E-state index is -1.15. The van der Waals surface area contributed by atoms with Gasteiger partial charge in [-0.3, -0.25) is 4.79 Å². The number of β-amino-alcohol motifs (C(OH)–C–C–N with tert-alkyl or cyclic N) is 1. The Labute approximate surface area is 117 Å². The number of urea groups is 1. The second-order valence-corrected chi connectivity index (χ2v) is 4.65. The van der Waals surface area contributed by atoms with Crippen LogP contribution in [-0.4, -0.2) is 76.2 Å². The summed E-state index contributed by atoms with van der Waals surface area (Å²) in [4.78, 5) is 37.3. The van der Waals surface area contributed by atoms with Gasteiger partial charge in [0.05, 0.1) is 6.10 Å². The van der Waals surface area contributed by atoms with E-state index in [9.17, 15) is 19.5 Å². The van der Waals surface area contributed by atoms with Crippen LogP contribution in [0.5, 0.6) is 0 Å². The highest BCUT2D eigenvalue weighted by Crippen LogP contribution is 2.19. The maximum atomic E-state index is 12.3. The van der Waals surface area contributed by atoms with E-state index >= 15 is 0 Å². The molecule has 1 heterocycles. The summed E-state index contributed by atoms with van der Waals surface area (Å²) >= 11 is 0. The van der Waals surface area contributed by atoms with Gasteiger partial charge in [0.2, 0.25) is 5.91 Å². The lowest BCUT2D eigenvalue weighted by molar-refractivity contribution is -0.141. The Morgan fingerprint density at radius 3 is 2.50 bits per heavy atom. The molecule has 0 aromatic carbocycles. The van der Waals surface area contributed by atoms with Crippen molar-refractivity contribution in [3.63, 3.8) is 0 Å². The zero-order valence-corrected chi connectivity index (χ0v) is 11.7. The number of nitrogens with zero attached hydrogens (tertiary/aromatic N) is 2. The average Bonchev–Trinajstić information content (AvgIpc) is 2.78. The van der Waals surface area contributed by atoms with Crippen LogP contribution in [0.2, 0.25) is 0 Å². The van der Waals surface area contributed by atoms with Gasteiger partial charge in [0.15, 0.2) is 0 Å². The van der Waals surface area contributed by atoms with E-state index in [4.69, 9.17) is 5.11 Å². The predicted octanol–water partition coefficient (Wildman–Crippen LogP) is -0.916. The summed E-state index contributed by atoms with van der Waals surface area (Å²) in [6, 6.07) is -1.58. The Bertz CT molecular complexity index is 387. The normalized spacial score (nSPS) is 21.6. The lowest BCUT2D eigenvalue weighted by Gasteiger charge is -2.29. The zero-order chi connectivity index (χ0) is 15.3. The Balaban J connectivity index is 2.74. The molecule has 0 aliphatic carbocycles. The van der Waals surface area contributed by atoms with Crippen LogP contribution in [0, 0.1) is 0 Å². The molecule has 0 spiro atoms. The lowest BCUT2D eigenvalue weighted by Crippen LogP contribution is -2.50. The molecule has 0 aromatic heterocycles. The van der Waals surface area contributed by atoms with Crippen LogP contribution in [-0.2, 0) is 9.59 Å². The second-order valence-electron chi connectivity index (χ2n) is 4.65. The zero-order valence-electron chi connectivity index (χ0n) is 11.7. The number of likely N-dealkylation sites (tertiary alicyclic amines) is 1. The Kier molecular flexibility index (Phi) is 5.75. The summed E-state index contributed by atoms with van der Waals surface area (Å²) in [5.41, 5.74) is 0. The van der Waals surface area contributed by atoms with Gasteiger partial charge in [-0.05, 0) is 13.8 Å². The summed E-state index contributed by atoms with van der Waals surface area (Å²) in [5, 5.41) is 21.2. The van der Waals surface area contributed by atoms with Crippen molar-refractivity contribution in [1.29, 1.82) is 0 Å². The van der Waals surface area contributed by atoms with Gasteiger partial charge in [0, 0.05) is 26.1 Å². The molecular formula is C12H21N3O5. The van der Waals surface area contributed by atoms with Crippen LogP contribution >= 0.6 is 0 Å². The minimum absolute atomic E-state index is 0.0137. The van der Waals surface area contributed by atoms with Crippen molar-refractivity contribution in [2.24, 2.45) is 0 Å². The molecule has 0 radical (unpaired) electrons. The maximum Gasteiger partial charge on any atom is 0.326 e. The van der Waals surface area contributed by atoms with E-state index in [-0.39, 0.29) is 32.0 Å². The van der Waals surface area contributed by atoms with Gasteiger partial charge in [-0.25, -0.2) is 9.59 Å². The number of aliphatic hydroxyl groups is 1. The topological polar surface area (TPSA) is 110 Å². The first-order valence-electron chi connectivity index (χ1n) is 6.63. The minimum Gasteiger partial charge on any atom is -0.480 e. The molecule has 0 unspecified atom stereocenters. The SMILES string of the molecule is CCNC(=O)CN(CC)C(=O)N1C[C@@H](O)C[C@H]1C(=O)O. The Morgan fingerprint density at radius 1 is 1.35 bits per heavy atom. The predicted molar refractivity (Wildman–Crippen MR) is 70.1 cm³/mol. The number of aliphatic hydroxyl groups excluding tert-OH is 1. The van der Waals surface area contributed by atoms with E-state index in [1.54, 1.807) is 13.8 Å². The van der Waals surface area contributed by atoms with E-state index in [0.29, 0.717) is 6.54 Å². The molecule has 114 valence electrons. The maximum absolute atomic E-state index is 12.3. The molecule has 8 heteroatoms. The molecule has 2 atom stereocenters. The second kappa shape index (κ2) is 7.09. The van der Waals surface area contributed by atoms with Gasteiger partial charge in [0.1, 0.15) is 12.6 Å². The van der Waals surface area contributed by atoms with E-state index in [1.165, 1.54) is 4.90 Å². The third-order valence-electron chi connectivity index (χ3n) is 3.17. The van der Waals surface area contributed by atoms with Gasteiger partial charge < -0.3 is 25.3 Å². The smallest absolute Gasteiger partial charge is 0.326 e. The fourth-order valence-corrected chi connectivity index (χ4v) is 2.18. The third kappa shape index (κ3) is 3.83. The number of rotatable bonds is 5. The number of aliphatic carboxylic acids is 1. The first kappa shape index (κ1) is 16.2. The van der Waals surface area contributed by atoms with E-state index < -0.39 is 24.1 Å². The van der Waals surface area contributed by atoms with Crippen molar-refractivity contribution in [2.45, 2.75) is 32.4 Å². The third-order valence-corrected chi connectivity index (χ3v) is 3.17. The molecule has 1 aliphatic rings. The van der Waals surface area contributed by atoms with E-state index in [0.717, 1.165) is 4.90 Å². The number of carboxylic acids is 1. The number of carbonyl (C=O) groups excluding carboxylic acids is 2. The molecule has 0 bridgehead atoms.